The summed E-state index contributed by atoms with van der Waals surface area (Å²) in [6.45, 7) is 8.99. The molecule has 0 aliphatic carbocycles. The van der Waals surface area contributed by atoms with Gasteiger partial charge in [0.2, 0.25) is 0 Å². The maximum absolute atomic E-state index is 13.0. The van der Waals surface area contributed by atoms with Crippen LogP contribution in [0.3, 0.4) is 0 Å². The number of benzene rings is 2. The molecule has 35 heavy (non-hydrogen) atoms. The summed E-state index contributed by atoms with van der Waals surface area (Å²) in [4.78, 5) is 38.8. The average Bonchev–Trinajstić information content (AvgIpc) is 2.84. The molecular weight excluding hydrogens is 448 g/mol. The molecule has 0 bridgehead atoms. The first-order chi connectivity index (χ1) is 16.8. The molecule has 1 aliphatic heterocycles. The van der Waals surface area contributed by atoms with E-state index >= 15 is 0 Å². The van der Waals surface area contributed by atoms with Crippen molar-refractivity contribution in [1.82, 2.24) is 10.2 Å². The van der Waals surface area contributed by atoms with Crippen LogP contribution >= 0.6 is 0 Å². The molecule has 1 N–H and O–H groups in total. The van der Waals surface area contributed by atoms with Crippen LogP contribution in [0.25, 0.3) is 0 Å². The molecule has 0 spiro atoms. The Bertz CT molecular complexity index is 1010. The SMILES string of the molecule is CCOC(=O)Oc1ccc(C(=O)NC2CCN(C(=O)C(C)Oc3ccccc3C(C)C)CC2)cc1. The maximum atomic E-state index is 13.0. The number of para-hydroxylation sites is 1. The zero-order chi connectivity index (χ0) is 25.4. The first kappa shape index (κ1) is 26.1. The molecule has 0 saturated carbocycles. The second kappa shape index (κ2) is 12.2. The second-order valence-electron chi connectivity index (χ2n) is 8.84. The molecule has 8 heteroatoms. The predicted octanol–water partition coefficient (Wildman–Crippen LogP) is 4.53. The average molecular weight is 483 g/mol. The molecule has 3 rings (SSSR count). The molecule has 0 aromatic heterocycles. The van der Waals surface area contributed by atoms with Crippen LogP contribution in [0, 0.1) is 0 Å². The van der Waals surface area contributed by atoms with Gasteiger partial charge in [0.1, 0.15) is 11.5 Å². The van der Waals surface area contributed by atoms with Crippen molar-refractivity contribution in [2.24, 2.45) is 0 Å². The highest BCUT2D eigenvalue weighted by Crippen LogP contribution is 2.27. The van der Waals surface area contributed by atoms with Gasteiger partial charge < -0.3 is 24.4 Å². The Kier molecular flexibility index (Phi) is 9.11. The van der Waals surface area contributed by atoms with Crippen molar-refractivity contribution in [3.05, 3.63) is 59.7 Å². The van der Waals surface area contributed by atoms with Gasteiger partial charge in [-0.2, -0.15) is 0 Å². The fourth-order valence-corrected chi connectivity index (χ4v) is 3.99. The number of hydrogen-bond donors (Lipinski definition) is 1. The second-order valence-corrected chi connectivity index (χ2v) is 8.84. The summed E-state index contributed by atoms with van der Waals surface area (Å²) in [5, 5.41) is 3.02. The maximum Gasteiger partial charge on any atom is 0.513 e. The van der Waals surface area contributed by atoms with E-state index in [1.165, 1.54) is 0 Å². The number of amides is 2. The molecule has 2 aromatic carbocycles. The Balaban J connectivity index is 1.47. The fourth-order valence-electron chi connectivity index (χ4n) is 3.99. The molecule has 188 valence electrons. The van der Waals surface area contributed by atoms with E-state index in [0.717, 1.165) is 11.3 Å². The van der Waals surface area contributed by atoms with Gasteiger partial charge in [0.05, 0.1) is 6.61 Å². The van der Waals surface area contributed by atoms with E-state index in [0.29, 0.717) is 43.2 Å². The molecule has 8 nitrogen and oxygen atoms in total. The summed E-state index contributed by atoms with van der Waals surface area (Å²) in [7, 11) is 0. The van der Waals surface area contributed by atoms with Gasteiger partial charge in [0.25, 0.3) is 11.8 Å². The normalized spacial score (nSPS) is 14.8. The molecule has 1 saturated heterocycles. The summed E-state index contributed by atoms with van der Waals surface area (Å²) in [5.74, 6) is 1.09. The topological polar surface area (TPSA) is 94.2 Å². The van der Waals surface area contributed by atoms with Crippen molar-refractivity contribution in [3.8, 4) is 11.5 Å². The number of rotatable bonds is 8. The summed E-state index contributed by atoms with van der Waals surface area (Å²) in [6, 6.07) is 14.1. The van der Waals surface area contributed by atoms with Gasteiger partial charge in [-0.05, 0) is 68.5 Å². The van der Waals surface area contributed by atoms with E-state index < -0.39 is 12.3 Å². The number of carbonyl (C=O) groups is 3. The third kappa shape index (κ3) is 7.21. The largest absolute Gasteiger partial charge is 0.513 e. The zero-order valence-electron chi connectivity index (χ0n) is 20.8. The Morgan fingerprint density at radius 3 is 2.29 bits per heavy atom. The molecule has 2 aromatic rings. The lowest BCUT2D eigenvalue weighted by Gasteiger charge is -2.34. The van der Waals surface area contributed by atoms with Crippen LogP contribution in [0.2, 0.25) is 0 Å². The van der Waals surface area contributed by atoms with Crippen LogP contribution in [0.5, 0.6) is 11.5 Å². The standard InChI is InChI=1S/C27H34N2O6/c1-5-33-27(32)35-22-12-10-20(11-13-22)25(30)28-21-14-16-29(17-15-21)26(31)19(4)34-24-9-7-6-8-23(24)18(2)3/h6-13,18-19,21H,5,14-17H2,1-4H3,(H,28,30). The summed E-state index contributed by atoms with van der Waals surface area (Å²) in [5.41, 5.74) is 1.54. The minimum Gasteiger partial charge on any atom is -0.481 e. The Morgan fingerprint density at radius 1 is 1.00 bits per heavy atom. The molecule has 1 fully saturated rings. The van der Waals surface area contributed by atoms with Crippen LogP contribution in [-0.4, -0.2) is 54.7 Å². The Hall–Kier alpha value is -3.55. The van der Waals surface area contributed by atoms with Gasteiger partial charge in [-0.3, -0.25) is 9.59 Å². The summed E-state index contributed by atoms with van der Waals surface area (Å²) in [6.07, 6.45) is -0.0422. The van der Waals surface area contributed by atoms with Gasteiger partial charge in [0, 0.05) is 24.7 Å². The van der Waals surface area contributed by atoms with E-state index in [1.54, 1.807) is 43.0 Å². The fraction of sp³-hybridized carbons (Fsp3) is 0.444. The third-order valence-corrected chi connectivity index (χ3v) is 5.91. The highest BCUT2D eigenvalue weighted by Gasteiger charge is 2.28. The third-order valence-electron chi connectivity index (χ3n) is 5.91. The van der Waals surface area contributed by atoms with Crippen molar-refractivity contribution in [3.63, 3.8) is 0 Å². The lowest BCUT2D eigenvalue weighted by Crippen LogP contribution is -2.49. The van der Waals surface area contributed by atoms with Crippen molar-refractivity contribution >= 4 is 18.0 Å². The number of likely N-dealkylation sites (tertiary alicyclic amines) is 1. The van der Waals surface area contributed by atoms with Crippen LogP contribution in [0.4, 0.5) is 4.79 Å². The van der Waals surface area contributed by atoms with E-state index in [4.69, 9.17) is 14.2 Å². The van der Waals surface area contributed by atoms with Crippen LogP contribution in [-0.2, 0) is 9.53 Å². The molecule has 1 unspecified atom stereocenters. The van der Waals surface area contributed by atoms with Crippen LogP contribution < -0.4 is 14.8 Å². The monoisotopic (exact) mass is 482 g/mol. The summed E-state index contributed by atoms with van der Waals surface area (Å²) >= 11 is 0. The van der Waals surface area contributed by atoms with Gasteiger partial charge >= 0.3 is 6.16 Å². The van der Waals surface area contributed by atoms with Crippen molar-refractivity contribution in [1.29, 1.82) is 0 Å². The summed E-state index contributed by atoms with van der Waals surface area (Å²) < 4.78 is 15.8. The minimum atomic E-state index is -0.783. The molecular formula is C27H34N2O6. The molecule has 1 atom stereocenters. The Morgan fingerprint density at radius 2 is 1.66 bits per heavy atom. The van der Waals surface area contributed by atoms with Crippen LogP contribution in [0.1, 0.15) is 62.4 Å². The van der Waals surface area contributed by atoms with E-state index in [1.807, 2.05) is 24.3 Å². The minimum absolute atomic E-state index is 0.0279. The number of nitrogens with zero attached hydrogens (tertiary/aromatic N) is 1. The number of piperidine rings is 1. The highest BCUT2D eigenvalue weighted by molar-refractivity contribution is 5.94. The number of nitrogens with one attached hydrogen (secondary N) is 1. The van der Waals surface area contributed by atoms with Crippen LogP contribution in [0.15, 0.2) is 48.5 Å². The molecule has 2 amide bonds. The first-order valence-electron chi connectivity index (χ1n) is 12.1. The van der Waals surface area contributed by atoms with Gasteiger partial charge in [0.15, 0.2) is 6.10 Å². The number of ether oxygens (including phenoxy) is 3. The van der Waals surface area contributed by atoms with Crippen molar-refractivity contribution in [2.75, 3.05) is 19.7 Å². The Labute approximate surface area is 206 Å². The van der Waals surface area contributed by atoms with Crippen molar-refractivity contribution in [2.45, 2.75) is 58.6 Å². The van der Waals surface area contributed by atoms with E-state index in [-0.39, 0.29) is 24.5 Å². The first-order valence-corrected chi connectivity index (χ1v) is 12.1. The highest BCUT2D eigenvalue weighted by atomic mass is 16.7. The van der Waals surface area contributed by atoms with Gasteiger partial charge in [-0.15, -0.1) is 0 Å². The molecule has 1 heterocycles. The number of hydrogen-bond acceptors (Lipinski definition) is 6. The zero-order valence-corrected chi connectivity index (χ0v) is 20.8. The lowest BCUT2D eigenvalue weighted by molar-refractivity contribution is -0.139. The lowest BCUT2D eigenvalue weighted by atomic mass is 10.0. The van der Waals surface area contributed by atoms with Crippen molar-refractivity contribution < 1.29 is 28.6 Å². The smallest absolute Gasteiger partial charge is 0.481 e. The molecule has 0 radical (unpaired) electrons. The quantitative estimate of drug-likeness (QED) is 0.439. The van der Waals surface area contributed by atoms with Gasteiger partial charge in [-0.25, -0.2) is 4.79 Å². The van der Waals surface area contributed by atoms with E-state index in [2.05, 4.69) is 19.2 Å². The molecule has 1 aliphatic rings. The predicted molar refractivity (Wildman–Crippen MR) is 132 cm³/mol. The number of carbonyl (C=O) groups excluding carboxylic acids is 3. The van der Waals surface area contributed by atoms with Gasteiger partial charge in [-0.1, -0.05) is 32.0 Å². The van der Waals surface area contributed by atoms with E-state index in [9.17, 15) is 14.4 Å².